The molecular weight excluding hydrogens is 545 g/mol. The third-order valence-corrected chi connectivity index (χ3v) is 9.51. The van der Waals surface area contributed by atoms with Gasteiger partial charge in [-0.1, -0.05) is 12.1 Å². The number of aromatic hydroxyl groups is 1. The minimum Gasteiger partial charge on any atom is -0.508 e. The van der Waals surface area contributed by atoms with Crippen molar-refractivity contribution in [3.05, 3.63) is 48.0 Å². The minimum atomic E-state index is -0.886. The number of hydrogen-bond acceptors (Lipinski definition) is 8. The molecule has 4 atom stereocenters. The predicted molar refractivity (Wildman–Crippen MR) is 153 cm³/mol. The van der Waals surface area contributed by atoms with Crippen LogP contribution in [0.4, 0.5) is 19.0 Å². The Balaban J connectivity index is 1.25. The highest BCUT2D eigenvalue weighted by Gasteiger charge is 2.49. The van der Waals surface area contributed by atoms with Crippen molar-refractivity contribution in [2.75, 3.05) is 37.7 Å². The Morgan fingerprint density at radius 2 is 1.86 bits per heavy atom. The van der Waals surface area contributed by atoms with Crippen LogP contribution in [0.15, 0.2) is 36.4 Å². The topological polar surface area (TPSA) is 86.6 Å². The number of piperazine rings is 1. The van der Waals surface area contributed by atoms with Gasteiger partial charge in [0.1, 0.15) is 41.7 Å². The molecule has 8 rings (SSSR count). The van der Waals surface area contributed by atoms with Gasteiger partial charge in [0.25, 0.3) is 0 Å². The summed E-state index contributed by atoms with van der Waals surface area (Å²) in [6.45, 7) is 2.91. The van der Waals surface area contributed by atoms with E-state index in [1.807, 2.05) is 0 Å². The number of fused-ring (bicyclic) bond motifs is 5. The molecule has 2 aromatic carbocycles. The lowest BCUT2D eigenvalue weighted by molar-refractivity contribution is 0.107. The minimum absolute atomic E-state index is 0.101. The molecule has 0 spiro atoms. The molecule has 11 heteroatoms. The highest BCUT2D eigenvalue weighted by atomic mass is 19.1. The van der Waals surface area contributed by atoms with Gasteiger partial charge in [0.05, 0.1) is 10.9 Å². The summed E-state index contributed by atoms with van der Waals surface area (Å²) < 4.78 is 51.6. The zero-order valence-electron chi connectivity index (χ0n) is 23.0. The van der Waals surface area contributed by atoms with Crippen LogP contribution in [0.3, 0.4) is 0 Å². The lowest BCUT2D eigenvalue weighted by Gasteiger charge is -2.34. The molecule has 4 aliphatic rings. The number of benzene rings is 2. The van der Waals surface area contributed by atoms with Crippen LogP contribution in [-0.4, -0.2) is 81.5 Å². The molecule has 0 saturated carbocycles. The lowest BCUT2D eigenvalue weighted by atomic mass is 9.95. The fourth-order valence-corrected chi connectivity index (χ4v) is 7.66. The molecular formula is C31H31F3N6O2. The summed E-state index contributed by atoms with van der Waals surface area (Å²) in [6.07, 6.45) is 3.48. The second-order valence-corrected chi connectivity index (χ2v) is 12.3. The molecule has 2 aromatic heterocycles. The normalized spacial score (nSPS) is 27.3. The largest absolute Gasteiger partial charge is 0.508 e. The molecule has 4 saturated heterocycles. The number of pyridine rings is 1. The number of rotatable bonds is 5. The van der Waals surface area contributed by atoms with Crippen LogP contribution in [0.25, 0.3) is 33.1 Å². The molecule has 0 aliphatic carbocycles. The third-order valence-electron chi connectivity index (χ3n) is 9.51. The van der Waals surface area contributed by atoms with Gasteiger partial charge in [0, 0.05) is 49.1 Å². The van der Waals surface area contributed by atoms with Gasteiger partial charge in [-0.3, -0.25) is 4.90 Å². The number of ether oxygens (including phenoxy) is 1. The first-order chi connectivity index (χ1) is 20.3. The van der Waals surface area contributed by atoms with Gasteiger partial charge in [-0.2, -0.15) is 9.97 Å². The van der Waals surface area contributed by atoms with Crippen LogP contribution in [0.1, 0.15) is 32.1 Å². The summed E-state index contributed by atoms with van der Waals surface area (Å²) in [6, 6.07) is 9.30. The molecule has 4 fully saturated rings. The number of halogens is 3. The second-order valence-electron chi connectivity index (χ2n) is 12.3. The smallest absolute Gasteiger partial charge is 0.320 e. The van der Waals surface area contributed by atoms with E-state index < -0.39 is 17.8 Å². The predicted octanol–water partition coefficient (Wildman–Crippen LogP) is 4.72. The van der Waals surface area contributed by atoms with Crippen molar-refractivity contribution in [3.63, 3.8) is 0 Å². The zero-order chi connectivity index (χ0) is 28.6. The summed E-state index contributed by atoms with van der Waals surface area (Å²) in [5, 5.41) is 15.0. The maximum atomic E-state index is 15.9. The van der Waals surface area contributed by atoms with E-state index >= 15 is 8.78 Å². The van der Waals surface area contributed by atoms with E-state index in [1.54, 1.807) is 6.07 Å². The van der Waals surface area contributed by atoms with Crippen LogP contribution >= 0.6 is 0 Å². The van der Waals surface area contributed by atoms with Crippen LogP contribution in [-0.2, 0) is 0 Å². The van der Waals surface area contributed by atoms with Gasteiger partial charge in [-0.25, -0.2) is 18.2 Å². The van der Waals surface area contributed by atoms with Gasteiger partial charge >= 0.3 is 6.01 Å². The Bertz CT molecular complexity index is 1710. The SMILES string of the molecule is Oc1cc(-c2nc3nc(OC[C@@]45CCCN4CC(F)C5)nc(N4CC5CCC(C4)N5)c3cc2F)c2c(F)cccc2c1. The standard InChI is InChI=1S/C31H31F3N6O2/c32-18-12-31(7-2-8-40(31)13-18)16-42-30-37-28-23(29(38-30)39-14-19-5-6-20(15-39)35-19)11-25(34)27(36-28)22-10-21(41)9-17-3-1-4-24(33)26(17)22/h1,3-4,9-11,18-20,35,41H,2,5-8,12-16H2/t18?,19?,20?,31-/m0/s1. The van der Waals surface area contributed by atoms with Gasteiger partial charge in [0.2, 0.25) is 0 Å². The number of nitrogens with zero attached hydrogens (tertiary/aromatic N) is 5. The summed E-state index contributed by atoms with van der Waals surface area (Å²) in [5.74, 6) is -0.810. The molecule has 218 valence electrons. The van der Waals surface area contributed by atoms with Gasteiger partial charge < -0.3 is 20.1 Å². The van der Waals surface area contributed by atoms with Crippen molar-refractivity contribution in [3.8, 4) is 23.0 Å². The number of nitrogens with one attached hydrogen (secondary N) is 1. The van der Waals surface area contributed by atoms with E-state index in [1.165, 1.54) is 30.3 Å². The Labute approximate surface area is 240 Å². The molecule has 0 amide bonds. The fourth-order valence-electron chi connectivity index (χ4n) is 7.66. The quantitative estimate of drug-likeness (QED) is 0.353. The van der Waals surface area contributed by atoms with Crippen molar-refractivity contribution in [2.24, 2.45) is 0 Å². The first kappa shape index (κ1) is 26.0. The summed E-state index contributed by atoms with van der Waals surface area (Å²) in [5.41, 5.74) is -0.168. The zero-order valence-corrected chi connectivity index (χ0v) is 23.0. The van der Waals surface area contributed by atoms with Crippen molar-refractivity contribution >= 4 is 27.6 Å². The molecule has 2 N–H and O–H groups in total. The third kappa shape index (κ3) is 4.24. The van der Waals surface area contributed by atoms with Gasteiger partial charge in [0.15, 0.2) is 5.65 Å². The molecule has 3 unspecified atom stereocenters. The Morgan fingerprint density at radius 1 is 1.02 bits per heavy atom. The lowest BCUT2D eigenvalue weighted by Crippen LogP contribution is -2.51. The Kier molecular flexibility index (Phi) is 5.98. The van der Waals surface area contributed by atoms with Crippen LogP contribution in [0.5, 0.6) is 11.8 Å². The fraction of sp³-hybridized carbons (Fsp3) is 0.452. The number of phenolic OH excluding ortho intramolecular Hbond substituents is 1. The van der Waals surface area contributed by atoms with Crippen LogP contribution in [0, 0.1) is 11.6 Å². The summed E-state index contributed by atoms with van der Waals surface area (Å²) in [4.78, 5) is 18.3. The molecule has 42 heavy (non-hydrogen) atoms. The van der Waals surface area contributed by atoms with Crippen molar-refractivity contribution in [2.45, 2.75) is 55.9 Å². The number of hydrogen-bond donors (Lipinski definition) is 2. The van der Waals surface area contributed by atoms with Gasteiger partial charge in [-0.05, 0) is 61.9 Å². The number of aromatic nitrogens is 3. The highest BCUT2D eigenvalue weighted by Crippen LogP contribution is 2.41. The van der Waals surface area contributed by atoms with Crippen molar-refractivity contribution in [1.29, 1.82) is 0 Å². The summed E-state index contributed by atoms with van der Waals surface area (Å²) >= 11 is 0. The summed E-state index contributed by atoms with van der Waals surface area (Å²) in [7, 11) is 0. The molecule has 6 heterocycles. The van der Waals surface area contributed by atoms with E-state index in [9.17, 15) is 9.50 Å². The van der Waals surface area contributed by atoms with Crippen LogP contribution < -0.4 is 15.0 Å². The molecule has 4 aliphatic heterocycles. The van der Waals surface area contributed by atoms with E-state index in [4.69, 9.17) is 9.72 Å². The molecule has 4 aromatic rings. The first-order valence-corrected chi connectivity index (χ1v) is 14.7. The first-order valence-electron chi connectivity index (χ1n) is 14.7. The van der Waals surface area contributed by atoms with Crippen molar-refractivity contribution in [1.82, 2.24) is 25.2 Å². The number of anilines is 1. The number of phenols is 1. The maximum Gasteiger partial charge on any atom is 0.320 e. The Hall–Kier alpha value is -3.70. The van der Waals surface area contributed by atoms with E-state index in [0.717, 1.165) is 32.2 Å². The maximum absolute atomic E-state index is 15.9. The second kappa shape index (κ2) is 9.67. The van der Waals surface area contributed by atoms with E-state index in [-0.39, 0.29) is 46.2 Å². The highest BCUT2D eigenvalue weighted by molar-refractivity contribution is 5.99. The van der Waals surface area contributed by atoms with E-state index in [0.29, 0.717) is 54.7 Å². The monoisotopic (exact) mass is 576 g/mol. The van der Waals surface area contributed by atoms with Crippen LogP contribution in [0.2, 0.25) is 0 Å². The van der Waals surface area contributed by atoms with E-state index in [2.05, 4.69) is 25.1 Å². The average Bonchev–Trinajstić information content (AvgIpc) is 3.61. The van der Waals surface area contributed by atoms with Gasteiger partial charge in [-0.15, -0.1) is 0 Å². The molecule has 0 radical (unpaired) electrons. The molecule has 2 bridgehead atoms. The average molecular weight is 577 g/mol. The number of alkyl halides is 1. The molecule has 8 nitrogen and oxygen atoms in total. The Morgan fingerprint density at radius 3 is 2.69 bits per heavy atom. The van der Waals surface area contributed by atoms with Crippen molar-refractivity contribution < 1.29 is 23.0 Å².